The van der Waals surface area contributed by atoms with Gasteiger partial charge in [0.1, 0.15) is 0 Å². The molecular formula is C15H20N4O2S. The van der Waals surface area contributed by atoms with E-state index in [2.05, 4.69) is 10.1 Å². The number of piperidine rings is 1. The molecule has 1 aliphatic heterocycles. The van der Waals surface area contributed by atoms with Crippen molar-refractivity contribution < 1.29 is 9.32 Å². The van der Waals surface area contributed by atoms with E-state index in [9.17, 15) is 4.79 Å². The molecule has 0 saturated carbocycles. The Morgan fingerprint density at radius 2 is 2.45 bits per heavy atom. The highest BCUT2D eigenvalue weighted by Gasteiger charge is 2.21. The topological polar surface area (TPSA) is 85.2 Å². The van der Waals surface area contributed by atoms with Gasteiger partial charge >= 0.3 is 0 Å². The Labute approximate surface area is 133 Å². The van der Waals surface area contributed by atoms with Crippen LogP contribution in [0.3, 0.4) is 0 Å². The number of nitrogens with zero attached hydrogens (tertiary/aromatic N) is 3. The molecule has 1 amide bonds. The zero-order chi connectivity index (χ0) is 15.4. The monoisotopic (exact) mass is 320 g/mol. The van der Waals surface area contributed by atoms with E-state index < -0.39 is 0 Å². The average molecular weight is 320 g/mol. The summed E-state index contributed by atoms with van der Waals surface area (Å²) in [4.78, 5) is 19.4. The number of carbonyl (C=O) groups excluding carboxylic acids is 1. The third kappa shape index (κ3) is 3.72. The van der Waals surface area contributed by atoms with Gasteiger partial charge in [-0.3, -0.25) is 4.79 Å². The minimum Gasteiger partial charge on any atom is -0.341 e. The van der Waals surface area contributed by atoms with E-state index in [-0.39, 0.29) is 11.9 Å². The highest BCUT2D eigenvalue weighted by atomic mass is 32.1. The highest BCUT2D eigenvalue weighted by molar-refractivity contribution is 7.13. The molecule has 0 spiro atoms. The third-order valence-electron chi connectivity index (χ3n) is 3.80. The Hall–Kier alpha value is -1.73. The molecule has 22 heavy (non-hydrogen) atoms. The molecule has 1 fully saturated rings. The summed E-state index contributed by atoms with van der Waals surface area (Å²) in [7, 11) is 0. The number of thiophene rings is 1. The normalized spacial score (nSPS) is 18.6. The van der Waals surface area contributed by atoms with Gasteiger partial charge in [0.25, 0.3) is 0 Å². The molecule has 2 N–H and O–H groups in total. The summed E-state index contributed by atoms with van der Waals surface area (Å²) >= 11 is 1.58. The number of carbonyl (C=O) groups is 1. The Balaban J connectivity index is 1.46. The van der Waals surface area contributed by atoms with Crippen molar-refractivity contribution in [2.45, 2.75) is 38.1 Å². The number of aromatic nitrogens is 2. The Bertz CT molecular complexity index is 611. The van der Waals surface area contributed by atoms with Gasteiger partial charge in [0.15, 0.2) is 0 Å². The minimum atomic E-state index is 0.127. The zero-order valence-corrected chi connectivity index (χ0v) is 13.2. The molecule has 3 heterocycles. The van der Waals surface area contributed by atoms with Crippen molar-refractivity contribution >= 4 is 17.2 Å². The highest BCUT2D eigenvalue weighted by Crippen LogP contribution is 2.21. The SMILES string of the molecule is NC1CCCN(C(=O)CCCc2nc(-c3cccs3)no2)C1. The van der Waals surface area contributed by atoms with Crippen LogP contribution >= 0.6 is 11.3 Å². The van der Waals surface area contributed by atoms with E-state index in [1.807, 2.05) is 22.4 Å². The van der Waals surface area contributed by atoms with Crippen LogP contribution in [0.5, 0.6) is 0 Å². The summed E-state index contributed by atoms with van der Waals surface area (Å²) in [6.07, 6.45) is 3.86. The first-order valence-corrected chi connectivity index (χ1v) is 8.50. The Kier molecular flexibility index (Phi) is 4.84. The van der Waals surface area contributed by atoms with Crippen molar-refractivity contribution in [1.82, 2.24) is 15.0 Å². The van der Waals surface area contributed by atoms with Gasteiger partial charge < -0.3 is 15.2 Å². The summed E-state index contributed by atoms with van der Waals surface area (Å²) in [6, 6.07) is 4.04. The van der Waals surface area contributed by atoms with Crippen molar-refractivity contribution in [1.29, 1.82) is 0 Å². The number of likely N-dealkylation sites (tertiary alicyclic amines) is 1. The van der Waals surface area contributed by atoms with E-state index in [1.54, 1.807) is 11.3 Å². The molecule has 2 aromatic rings. The van der Waals surface area contributed by atoms with Crippen molar-refractivity contribution in [2.75, 3.05) is 13.1 Å². The van der Waals surface area contributed by atoms with E-state index in [0.717, 1.165) is 30.7 Å². The molecule has 118 valence electrons. The summed E-state index contributed by atoms with van der Waals surface area (Å²) in [5.74, 6) is 1.39. The fourth-order valence-corrected chi connectivity index (χ4v) is 3.30. The van der Waals surface area contributed by atoms with Crippen LogP contribution in [-0.2, 0) is 11.2 Å². The third-order valence-corrected chi connectivity index (χ3v) is 4.67. The fraction of sp³-hybridized carbons (Fsp3) is 0.533. The van der Waals surface area contributed by atoms with Gasteiger partial charge in [0.05, 0.1) is 4.88 Å². The molecule has 3 rings (SSSR count). The van der Waals surface area contributed by atoms with Crippen LogP contribution in [0.25, 0.3) is 10.7 Å². The molecule has 7 heteroatoms. The van der Waals surface area contributed by atoms with Crippen LogP contribution < -0.4 is 5.73 Å². The first-order chi connectivity index (χ1) is 10.7. The predicted molar refractivity (Wildman–Crippen MR) is 84.3 cm³/mol. The van der Waals surface area contributed by atoms with Gasteiger partial charge in [-0.25, -0.2) is 0 Å². The fourth-order valence-electron chi connectivity index (χ4n) is 2.65. The number of hydrogen-bond acceptors (Lipinski definition) is 6. The lowest BCUT2D eigenvalue weighted by Gasteiger charge is -2.30. The van der Waals surface area contributed by atoms with Crippen molar-refractivity contribution in [3.63, 3.8) is 0 Å². The van der Waals surface area contributed by atoms with Crippen LogP contribution in [0, 0.1) is 0 Å². The predicted octanol–water partition coefficient (Wildman–Crippen LogP) is 2.07. The van der Waals surface area contributed by atoms with Gasteiger partial charge in [-0.15, -0.1) is 11.3 Å². The molecule has 1 unspecified atom stereocenters. The van der Waals surface area contributed by atoms with Crippen LogP contribution in [0.4, 0.5) is 0 Å². The quantitative estimate of drug-likeness (QED) is 0.911. The molecule has 0 bridgehead atoms. The smallest absolute Gasteiger partial charge is 0.226 e. The maximum absolute atomic E-state index is 12.1. The number of nitrogens with two attached hydrogens (primary N) is 1. The molecule has 1 atom stereocenters. The van der Waals surface area contributed by atoms with E-state index in [4.69, 9.17) is 10.3 Å². The molecular weight excluding hydrogens is 300 g/mol. The van der Waals surface area contributed by atoms with Gasteiger partial charge in [-0.05, 0) is 30.7 Å². The lowest BCUT2D eigenvalue weighted by Crippen LogP contribution is -2.45. The van der Waals surface area contributed by atoms with Crippen LogP contribution in [0.1, 0.15) is 31.6 Å². The second kappa shape index (κ2) is 7.02. The summed E-state index contributed by atoms with van der Waals surface area (Å²) in [5.41, 5.74) is 5.91. The first-order valence-electron chi connectivity index (χ1n) is 7.62. The first kappa shape index (κ1) is 15.2. The Morgan fingerprint density at radius 3 is 3.23 bits per heavy atom. The second-order valence-electron chi connectivity index (χ2n) is 5.58. The van der Waals surface area contributed by atoms with E-state index in [1.165, 1.54) is 0 Å². The summed E-state index contributed by atoms with van der Waals surface area (Å²) < 4.78 is 5.23. The largest absolute Gasteiger partial charge is 0.341 e. The number of hydrogen-bond donors (Lipinski definition) is 1. The van der Waals surface area contributed by atoms with Crippen molar-refractivity contribution in [3.8, 4) is 10.7 Å². The summed E-state index contributed by atoms with van der Waals surface area (Å²) in [6.45, 7) is 1.51. The number of amides is 1. The van der Waals surface area contributed by atoms with E-state index >= 15 is 0 Å². The lowest BCUT2D eigenvalue weighted by atomic mass is 10.1. The molecule has 6 nitrogen and oxygen atoms in total. The summed E-state index contributed by atoms with van der Waals surface area (Å²) in [5, 5.41) is 5.95. The minimum absolute atomic E-state index is 0.127. The van der Waals surface area contributed by atoms with Gasteiger partial charge in [0.2, 0.25) is 17.6 Å². The van der Waals surface area contributed by atoms with Crippen molar-refractivity contribution in [3.05, 3.63) is 23.4 Å². The molecule has 1 aliphatic rings. The average Bonchev–Trinajstić information content (AvgIpc) is 3.18. The van der Waals surface area contributed by atoms with Gasteiger partial charge in [-0.2, -0.15) is 4.98 Å². The number of rotatable bonds is 5. The van der Waals surface area contributed by atoms with Gasteiger partial charge in [-0.1, -0.05) is 11.2 Å². The second-order valence-corrected chi connectivity index (χ2v) is 6.53. The van der Waals surface area contributed by atoms with E-state index in [0.29, 0.717) is 31.1 Å². The van der Waals surface area contributed by atoms with Crippen molar-refractivity contribution in [2.24, 2.45) is 5.73 Å². The molecule has 2 aromatic heterocycles. The maximum Gasteiger partial charge on any atom is 0.226 e. The zero-order valence-electron chi connectivity index (χ0n) is 12.4. The van der Waals surface area contributed by atoms with Crippen LogP contribution in [-0.4, -0.2) is 40.1 Å². The molecule has 0 aliphatic carbocycles. The Morgan fingerprint density at radius 1 is 1.55 bits per heavy atom. The van der Waals surface area contributed by atoms with Gasteiger partial charge in [0, 0.05) is 32.0 Å². The lowest BCUT2D eigenvalue weighted by molar-refractivity contribution is -0.132. The van der Waals surface area contributed by atoms with Crippen LogP contribution in [0.15, 0.2) is 22.0 Å². The standard InChI is InChI=1S/C15H20N4O2S/c16-11-4-2-8-19(10-11)14(20)7-1-6-13-17-15(18-21-13)12-5-3-9-22-12/h3,5,9,11H,1-2,4,6-8,10,16H2. The van der Waals surface area contributed by atoms with Crippen LogP contribution in [0.2, 0.25) is 0 Å². The molecule has 1 saturated heterocycles. The maximum atomic E-state index is 12.1. The number of aryl methyl sites for hydroxylation is 1. The molecule has 0 aromatic carbocycles. The molecule has 0 radical (unpaired) electrons.